The summed E-state index contributed by atoms with van der Waals surface area (Å²) < 4.78 is 11.3. The van der Waals surface area contributed by atoms with Crippen molar-refractivity contribution in [3.05, 3.63) is 22.2 Å². The molecule has 3 nitrogen and oxygen atoms in total. The molecule has 0 fully saturated rings. The first-order valence-electron chi connectivity index (χ1n) is 5.70. The van der Waals surface area contributed by atoms with Crippen LogP contribution in [-0.2, 0) is 0 Å². The molecule has 0 heterocycles. The first-order chi connectivity index (χ1) is 8.51. The Kier molecular flexibility index (Phi) is 9.03. The van der Waals surface area contributed by atoms with Gasteiger partial charge >= 0.3 is 0 Å². The summed E-state index contributed by atoms with van der Waals surface area (Å²) in [4.78, 5) is 12.3. The molecule has 0 aliphatic heterocycles. The molecule has 6 heteroatoms. The first kappa shape index (κ1) is 19.0. The van der Waals surface area contributed by atoms with E-state index in [0.717, 1.165) is 10.6 Å². The van der Waals surface area contributed by atoms with E-state index in [9.17, 15) is 4.79 Å². The molecular formula is C13H18BrLiO3P. The van der Waals surface area contributed by atoms with E-state index in [0.29, 0.717) is 23.0 Å². The Balaban J connectivity index is 0.00000324. The van der Waals surface area contributed by atoms with Crippen LogP contribution in [0.2, 0.25) is 0 Å². The van der Waals surface area contributed by atoms with Crippen LogP contribution >= 0.6 is 24.5 Å². The van der Waals surface area contributed by atoms with Gasteiger partial charge in [0.2, 0.25) is 0 Å². The molecule has 101 valence electrons. The zero-order chi connectivity index (χ0) is 13.7. The second kappa shape index (κ2) is 9.03. The van der Waals surface area contributed by atoms with Crippen LogP contribution in [-0.4, -0.2) is 44.8 Å². The Morgan fingerprint density at radius 3 is 2.42 bits per heavy atom. The number of carbonyl (C=O) groups excluding carboxylic acids is 1. The number of hydrogen-bond donors (Lipinski definition) is 0. The number of carbonyl (C=O) groups is 1. The van der Waals surface area contributed by atoms with Crippen LogP contribution < -0.4 is 9.47 Å². The van der Waals surface area contributed by atoms with Crippen LogP contribution in [0, 0.1) is 5.92 Å². The summed E-state index contributed by atoms with van der Waals surface area (Å²) in [7, 11) is 3.36. The van der Waals surface area contributed by atoms with Gasteiger partial charge in [0.05, 0.1) is 18.7 Å². The van der Waals surface area contributed by atoms with E-state index in [-0.39, 0.29) is 33.0 Å². The minimum absolute atomic E-state index is 0. The monoisotopic (exact) mass is 339 g/mol. The predicted octanol–water partition coefficient (Wildman–Crippen LogP) is 3.56. The van der Waals surface area contributed by atoms with E-state index < -0.39 is 0 Å². The van der Waals surface area contributed by atoms with Crippen molar-refractivity contribution in [1.82, 2.24) is 0 Å². The Bertz CT molecular complexity index is 438. The molecule has 0 bridgehead atoms. The molecule has 1 unspecified atom stereocenters. The predicted molar refractivity (Wildman–Crippen MR) is 85.4 cm³/mol. The van der Waals surface area contributed by atoms with Gasteiger partial charge in [-0.15, -0.1) is 0 Å². The Hall–Kier alpha value is -0.00260. The fraction of sp³-hybridized carbons (Fsp3) is 0.462. The normalized spacial score (nSPS) is 10.6. The fourth-order valence-corrected chi connectivity index (χ4v) is 3.01. The van der Waals surface area contributed by atoms with E-state index in [1.54, 1.807) is 20.3 Å². The van der Waals surface area contributed by atoms with E-state index in [2.05, 4.69) is 29.8 Å². The van der Waals surface area contributed by atoms with Crippen molar-refractivity contribution >= 4 is 48.9 Å². The van der Waals surface area contributed by atoms with Crippen LogP contribution in [0.1, 0.15) is 24.2 Å². The van der Waals surface area contributed by atoms with Crippen molar-refractivity contribution < 1.29 is 14.3 Å². The van der Waals surface area contributed by atoms with Gasteiger partial charge in [-0.05, 0) is 48.7 Å². The summed E-state index contributed by atoms with van der Waals surface area (Å²) in [6, 6.07) is 3.60. The second-order valence-electron chi connectivity index (χ2n) is 4.26. The molecule has 0 saturated heterocycles. The maximum atomic E-state index is 12.3. The smallest absolute Gasteiger partial charge is 0.188 e. The molecule has 0 N–H and O–H groups in total. The van der Waals surface area contributed by atoms with Crippen LogP contribution in [0.15, 0.2) is 16.6 Å². The molecule has 0 amide bonds. The minimum atomic E-state index is 0. The molecular weight excluding hydrogens is 322 g/mol. The van der Waals surface area contributed by atoms with Crippen molar-refractivity contribution in [3.63, 3.8) is 0 Å². The average molecular weight is 340 g/mol. The van der Waals surface area contributed by atoms with Gasteiger partial charge in [-0.25, -0.2) is 0 Å². The Labute approximate surface area is 136 Å². The standard InChI is InChI=1S/C13H18BrO3P.Li/c1-8(2)7-18-13(15)11-10(16-3)6-5-9(14)12(11)17-4;/h5-6,8,18H,7H2,1-4H3;. The van der Waals surface area contributed by atoms with Gasteiger partial charge in [-0.3, -0.25) is 4.79 Å². The van der Waals surface area contributed by atoms with E-state index in [1.165, 1.54) is 0 Å². The van der Waals surface area contributed by atoms with Crippen molar-refractivity contribution in [3.8, 4) is 11.5 Å². The van der Waals surface area contributed by atoms with Crippen LogP contribution in [0.5, 0.6) is 11.5 Å². The number of ether oxygens (including phenoxy) is 2. The molecule has 0 aliphatic carbocycles. The number of benzene rings is 1. The molecule has 0 aliphatic rings. The van der Waals surface area contributed by atoms with Crippen molar-refractivity contribution in [1.29, 1.82) is 0 Å². The summed E-state index contributed by atoms with van der Waals surface area (Å²) in [5, 5.41) is 0. The number of halogens is 1. The zero-order valence-electron chi connectivity index (χ0n) is 12.0. The first-order valence-corrected chi connectivity index (χ1v) is 7.70. The number of hydrogen-bond acceptors (Lipinski definition) is 3. The third-order valence-electron chi connectivity index (χ3n) is 2.39. The fourth-order valence-electron chi connectivity index (χ4n) is 1.51. The molecule has 0 aromatic heterocycles. The molecule has 1 rings (SSSR count). The Morgan fingerprint density at radius 2 is 1.95 bits per heavy atom. The van der Waals surface area contributed by atoms with E-state index >= 15 is 0 Å². The van der Waals surface area contributed by atoms with Crippen LogP contribution in [0.25, 0.3) is 0 Å². The molecule has 0 saturated carbocycles. The van der Waals surface area contributed by atoms with Crippen LogP contribution in [0.4, 0.5) is 0 Å². The van der Waals surface area contributed by atoms with Gasteiger partial charge in [0, 0.05) is 18.9 Å². The maximum absolute atomic E-state index is 12.3. The molecule has 1 atom stereocenters. The zero-order valence-corrected chi connectivity index (χ0v) is 14.6. The van der Waals surface area contributed by atoms with Gasteiger partial charge in [-0.1, -0.05) is 13.8 Å². The van der Waals surface area contributed by atoms with Gasteiger partial charge in [0.15, 0.2) is 5.52 Å². The maximum Gasteiger partial charge on any atom is 0.188 e. The summed E-state index contributed by atoms with van der Waals surface area (Å²) in [5.74, 6) is 1.63. The molecule has 1 aromatic carbocycles. The summed E-state index contributed by atoms with van der Waals surface area (Å²) in [6.45, 7) is 4.21. The number of rotatable bonds is 6. The number of methoxy groups -OCH3 is 2. The van der Waals surface area contributed by atoms with Gasteiger partial charge in [0.1, 0.15) is 17.1 Å². The third kappa shape index (κ3) is 5.12. The SMILES string of the molecule is COc1ccc(Br)c(OC)c1C(=O)PCC(C)C.[Li]. The largest absolute Gasteiger partial charge is 0.496 e. The quantitative estimate of drug-likeness (QED) is 0.587. The minimum Gasteiger partial charge on any atom is -0.496 e. The van der Waals surface area contributed by atoms with Crippen molar-refractivity contribution in [2.75, 3.05) is 20.4 Å². The molecule has 19 heavy (non-hydrogen) atoms. The topological polar surface area (TPSA) is 35.5 Å². The molecule has 0 spiro atoms. The van der Waals surface area contributed by atoms with Crippen molar-refractivity contribution in [2.45, 2.75) is 13.8 Å². The molecule has 1 aromatic rings. The van der Waals surface area contributed by atoms with E-state index in [4.69, 9.17) is 9.47 Å². The summed E-state index contributed by atoms with van der Waals surface area (Å²) in [5.41, 5.74) is 0.618. The second-order valence-corrected chi connectivity index (χ2v) is 6.33. The van der Waals surface area contributed by atoms with Gasteiger partial charge in [0.25, 0.3) is 0 Å². The van der Waals surface area contributed by atoms with E-state index in [1.807, 2.05) is 6.07 Å². The van der Waals surface area contributed by atoms with Crippen LogP contribution in [0.3, 0.4) is 0 Å². The van der Waals surface area contributed by atoms with Gasteiger partial charge < -0.3 is 9.47 Å². The third-order valence-corrected chi connectivity index (χ3v) is 4.61. The average Bonchev–Trinajstić information content (AvgIpc) is 2.35. The Morgan fingerprint density at radius 1 is 1.32 bits per heavy atom. The van der Waals surface area contributed by atoms with Crippen molar-refractivity contribution in [2.24, 2.45) is 5.92 Å². The summed E-state index contributed by atoms with van der Waals surface area (Å²) >= 11 is 3.39. The summed E-state index contributed by atoms with van der Waals surface area (Å²) in [6.07, 6.45) is 0.887. The molecule has 1 radical (unpaired) electrons. The van der Waals surface area contributed by atoms with Gasteiger partial charge in [-0.2, -0.15) is 0 Å².